The van der Waals surface area contributed by atoms with E-state index in [1.807, 2.05) is 0 Å². The molecule has 2 aromatic heterocycles. The van der Waals surface area contributed by atoms with Gasteiger partial charge in [0.05, 0.1) is 31.3 Å². The molecule has 0 fully saturated rings. The molecular formula is C17H26N10O4. The molecule has 0 saturated carbocycles. The van der Waals surface area contributed by atoms with Crippen molar-refractivity contribution >= 4 is 23.6 Å². The number of aromatic nitrogens is 4. The summed E-state index contributed by atoms with van der Waals surface area (Å²) in [6, 6.07) is -3.10. The van der Waals surface area contributed by atoms with Gasteiger partial charge in [0, 0.05) is 43.2 Å². The molecular weight excluding hydrogens is 408 g/mol. The van der Waals surface area contributed by atoms with Crippen molar-refractivity contribution in [2.24, 2.45) is 17.2 Å². The Bertz CT molecular complexity index is 868. The van der Waals surface area contributed by atoms with Crippen LogP contribution in [0.3, 0.4) is 0 Å². The minimum atomic E-state index is -1.21. The number of hydrogen-bond donors (Lipinski definition) is 8. The second-order valence-electron chi connectivity index (χ2n) is 6.77. The van der Waals surface area contributed by atoms with Gasteiger partial charge in [0.15, 0.2) is 0 Å². The van der Waals surface area contributed by atoms with Crippen LogP contribution in [0.15, 0.2) is 25.0 Å². The van der Waals surface area contributed by atoms with Crippen LogP contribution in [0.5, 0.6) is 0 Å². The van der Waals surface area contributed by atoms with Crippen molar-refractivity contribution in [3.05, 3.63) is 36.4 Å². The Balaban J connectivity index is 1.94. The summed E-state index contributed by atoms with van der Waals surface area (Å²) in [5.41, 5.74) is 18.1. The van der Waals surface area contributed by atoms with E-state index in [9.17, 15) is 19.2 Å². The van der Waals surface area contributed by atoms with Crippen LogP contribution in [-0.4, -0.2) is 74.8 Å². The third-order valence-corrected chi connectivity index (χ3v) is 4.21. The summed E-state index contributed by atoms with van der Waals surface area (Å²) in [5.74, 6) is -2.66. The topological polar surface area (TPSA) is 240 Å². The third-order valence-electron chi connectivity index (χ3n) is 4.21. The first-order chi connectivity index (χ1) is 14.8. The number of primary amides is 1. The van der Waals surface area contributed by atoms with Gasteiger partial charge in [-0.05, 0) is 0 Å². The summed E-state index contributed by atoms with van der Waals surface area (Å²) in [6.45, 7) is -0.707. The number of nitrogens with zero attached hydrogens (tertiary/aromatic N) is 2. The second-order valence-corrected chi connectivity index (χ2v) is 6.77. The van der Waals surface area contributed by atoms with E-state index in [1.54, 1.807) is 0 Å². The summed E-state index contributed by atoms with van der Waals surface area (Å²) in [6.07, 6.45) is 6.32. The fourth-order valence-electron chi connectivity index (χ4n) is 2.57. The number of carbonyl (C=O) groups is 4. The molecule has 0 aromatic carbocycles. The average molecular weight is 434 g/mol. The number of carbonyl (C=O) groups excluding carboxylic acids is 4. The van der Waals surface area contributed by atoms with Crippen LogP contribution in [0.1, 0.15) is 11.4 Å². The largest absolute Gasteiger partial charge is 0.368 e. The Kier molecular flexibility index (Phi) is 8.65. The van der Waals surface area contributed by atoms with Crippen molar-refractivity contribution in [3.63, 3.8) is 0 Å². The molecule has 0 aliphatic heterocycles. The summed E-state index contributed by atoms with van der Waals surface area (Å²) in [7, 11) is 0. The highest BCUT2D eigenvalue weighted by Crippen LogP contribution is 1.99. The van der Waals surface area contributed by atoms with Crippen LogP contribution in [-0.2, 0) is 32.0 Å². The Morgan fingerprint density at radius 3 is 1.90 bits per heavy atom. The first kappa shape index (κ1) is 23.5. The van der Waals surface area contributed by atoms with Gasteiger partial charge in [0.2, 0.25) is 23.6 Å². The molecule has 14 heteroatoms. The Labute approximate surface area is 177 Å². The second kappa shape index (κ2) is 11.4. The molecule has 11 N–H and O–H groups in total. The summed E-state index contributed by atoms with van der Waals surface area (Å²) < 4.78 is 0. The van der Waals surface area contributed by atoms with Crippen LogP contribution < -0.4 is 33.2 Å². The van der Waals surface area contributed by atoms with Gasteiger partial charge in [-0.25, -0.2) is 9.97 Å². The van der Waals surface area contributed by atoms with E-state index in [1.165, 1.54) is 25.0 Å². The molecule has 0 aliphatic rings. The number of amides is 4. The molecule has 0 spiro atoms. The van der Waals surface area contributed by atoms with Gasteiger partial charge < -0.3 is 43.1 Å². The zero-order chi connectivity index (χ0) is 22.8. The van der Waals surface area contributed by atoms with Crippen LogP contribution in [0.2, 0.25) is 0 Å². The number of rotatable bonds is 12. The predicted octanol–water partition coefficient (Wildman–Crippen LogP) is -4.22. The highest BCUT2D eigenvalue weighted by Gasteiger charge is 2.26. The van der Waals surface area contributed by atoms with E-state index < -0.39 is 48.3 Å². The lowest BCUT2D eigenvalue weighted by Crippen LogP contribution is -2.58. The lowest BCUT2D eigenvalue weighted by molar-refractivity contribution is -0.131. The lowest BCUT2D eigenvalue weighted by Gasteiger charge is -2.21. The van der Waals surface area contributed by atoms with E-state index in [-0.39, 0.29) is 19.4 Å². The Hall–Kier alpha value is -3.78. The first-order valence-corrected chi connectivity index (χ1v) is 9.36. The van der Waals surface area contributed by atoms with Gasteiger partial charge in [-0.15, -0.1) is 0 Å². The number of H-pyrrole nitrogens is 2. The van der Waals surface area contributed by atoms with Crippen molar-refractivity contribution in [3.8, 4) is 0 Å². The number of nitrogens with two attached hydrogens (primary N) is 3. The lowest BCUT2D eigenvalue weighted by atomic mass is 10.1. The number of hydrogen-bond acceptors (Lipinski definition) is 8. The molecule has 0 saturated heterocycles. The van der Waals surface area contributed by atoms with Gasteiger partial charge in [-0.2, -0.15) is 0 Å². The van der Waals surface area contributed by atoms with Gasteiger partial charge in [0.1, 0.15) is 6.04 Å². The maximum atomic E-state index is 12.4. The fourth-order valence-corrected chi connectivity index (χ4v) is 2.57. The molecule has 168 valence electrons. The van der Waals surface area contributed by atoms with E-state index >= 15 is 0 Å². The van der Waals surface area contributed by atoms with Gasteiger partial charge >= 0.3 is 0 Å². The maximum absolute atomic E-state index is 12.4. The minimum Gasteiger partial charge on any atom is -0.368 e. The highest BCUT2D eigenvalue weighted by atomic mass is 16.2. The standard InChI is InChI=1S/C17H26N10O4/c18-11(1-9-3-21-7-25-9)15(29)23-5-13(17(31)24-6-14(20)28)27-16(30)12(19)2-10-4-22-8-26-10/h3-4,7-8,11-13H,1-2,5-6,18-19H2,(H2,20,28)(H,21,25)(H,22,26)(H,23,29)(H,24,31)(H,27,30)/t11-,12-,13-/m0/s1. The molecule has 0 bridgehead atoms. The Morgan fingerprint density at radius 2 is 1.42 bits per heavy atom. The first-order valence-electron chi connectivity index (χ1n) is 9.36. The molecule has 2 rings (SSSR count). The molecule has 3 atom stereocenters. The van der Waals surface area contributed by atoms with Crippen LogP contribution >= 0.6 is 0 Å². The number of aromatic amines is 2. The number of nitrogens with one attached hydrogen (secondary N) is 5. The molecule has 0 aliphatic carbocycles. The SMILES string of the molecule is NC(=O)CNC(=O)[C@H](CNC(=O)[C@@H](N)Cc1cnc[nH]1)NC(=O)[C@@H](N)Cc1cnc[nH]1. The van der Waals surface area contributed by atoms with Gasteiger partial charge in [-0.1, -0.05) is 0 Å². The monoisotopic (exact) mass is 434 g/mol. The van der Waals surface area contributed by atoms with Crippen molar-refractivity contribution in [2.75, 3.05) is 13.1 Å². The van der Waals surface area contributed by atoms with Gasteiger partial charge in [0.25, 0.3) is 0 Å². The van der Waals surface area contributed by atoms with Crippen molar-refractivity contribution in [2.45, 2.75) is 31.0 Å². The smallest absolute Gasteiger partial charge is 0.244 e. The zero-order valence-electron chi connectivity index (χ0n) is 16.6. The fraction of sp³-hybridized carbons (Fsp3) is 0.412. The van der Waals surface area contributed by atoms with E-state index in [0.717, 1.165) is 0 Å². The summed E-state index contributed by atoms with van der Waals surface area (Å²) in [5, 5.41) is 7.25. The Morgan fingerprint density at radius 1 is 0.871 bits per heavy atom. The summed E-state index contributed by atoms with van der Waals surface area (Å²) in [4.78, 5) is 61.3. The van der Waals surface area contributed by atoms with Crippen molar-refractivity contribution < 1.29 is 19.2 Å². The quantitative estimate of drug-likeness (QED) is 0.162. The normalized spacial score (nSPS) is 13.6. The van der Waals surface area contributed by atoms with E-state index in [4.69, 9.17) is 17.2 Å². The molecule has 4 amide bonds. The van der Waals surface area contributed by atoms with E-state index in [2.05, 4.69) is 35.9 Å². The molecule has 2 heterocycles. The maximum Gasteiger partial charge on any atom is 0.244 e. The third kappa shape index (κ3) is 7.87. The minimum absolute atomic E-state index is 0.156. The van der Waals surface area contributed by atoms with Crippen LogP contribution in [0, 0.1) is 0 Å². The molecule has 2 aromatic rings. The molecule has 14 nitrogen and oxygen atoms in total. The zero-order valence-corrected chi connectivity index (χ0v) is 16.6. The average Bonchev–Trinajstić information content (AvgIpc) is 3.42. The van der Waals surface area contributed by atoms with Crippen LogP contribution in [0.4, 0.5) is 0 Å². The number of imidazole rings is 2. The molecule has 31 heavy (non-hydrogen) atoms. The van der Waals surface area contributed by atoms with Crippen LogP contribution in [0.25, 0.3) is 0 Å². The van der Waals surface area contributed by atoms with Gasteiger partial charge in [-0.3, -0.25) is 19.2 Å². The van der Waals surface area contributed by atoms with Crippen molar-refractivity contribution in [1.29, 1.82) is 0 Å². The highest BCUT2D eigenvalue weighted by molar-refractivity contribution is 5.92. The van der Waals surface area contributed by atoms with E-state index in [0.29, 0.717) is 11.4 Å². The summed E-state index contributed by atoms with van der Waals surface area (Å²) >= 11 is 0. The van der Waals surface area contributed by atoms with Crippen molar-refractivity contribution in [1.82, 2.24) is 35.9 Å². The molecule has 0 unspecified atom stereocenters. The predicted molar refractivity (Wildman–Crippen MR) is 108 cm³/mol. The molecule has 0 radical (unpaired) electrons.